The molecule has 2 N–H and O–H groups in total. The van der Waals surface area contributed by atoms with E-state index >= 15 is 0 Å². The third kappa shape index (κ3) is 10.4. The van der Waals surface area contributed by atoms with Crippen LogP contribution in [0.2, 0.25) is 0 Å². The molecule has 6 nitrogen and oxygen atoms in total. The minimum atomic E-state index is -0.312. The van der Waals surface area contributed by atoms with Gasteiger partial charge in [-0.3, -0.25) is 9.59 Å². The lowest BCUT2D eigenvalue weighted by molar-refractivity contribution is -0.123. The number of aliphatic hydroxyl groups excluding tert-OH is 1. The van der Waals surface area contributed by atoms with Crippen LogP contribution < -0.4 is 14.8 Å². The maximum atomic E-state index is 11.8. The molecule has 0 fully saturated rings. The minimum absolute atomic E-state index is 0.109. The van der Waals surface area contributed by atoms with E-state index in [-0.39, 0.29) is 31.2 Å². The summed E-state index contributed by atoms with van der Waals surface area (Å²) in [7, 11) is 2.18. The van der Waals surface area contributed by atoms with Crippen LogP contribution in [-0.4, -0.2) is 42.9 Å². The third-order valence-corrected chi connectivity index (χ3v) is 5.56. The molecule has 180 valence electrons. The topological polar surface area (TPSA) is 84.9 Å². The van der Waals surface area contributed by atoms with Gasteiger partial charge in [-0.05, 0) is 47.9 Å². The second kappa shape index (κ2) is 15.4. The molecule has 0 bridgehead atoms. The van der Waals surface area contributed by atoms with Crippen LogP contribution in [0.5, 0.6) is 11.5 Å². The van der Waals surface area contributed by atoms with Crippen molar-refractivity contribution in [1.82, 2.24) is 5.32 Å². The van der Waals surface area contributed by atoms with Crippen molar-refractivity contribution in [2.75, 3.05) is 26.4 Å². The highest BCUT2D eigenvalue weighted by Gasteiger charge is 2.11. The van der Waals surface area contributed by atoms with Gasteiger partial charge < -0.3 is 19.9 Å². The van der Waals surface area contributed by atoms with Crippen molar-refractivity contribution in [2.45, 2.75) is 51.9 Å². The van der Waals surface area contributed by atoms with Crippen LogP contribution in [0.15, 0.2) is 42.5 Å². The van der Waals surface area contributed by atoms with Gasteiger partial charge in [-0.25, -0.2) is 0 Å². The summed E-state index contributed by atoms with van der Waals surface area (Å²) in [6.45, 7) is 2.84. The van der Waals surface area contributed by atoms with Gasteiger partial charge in [-0.1, -0.05) is 60.4 Å². The van der Waals surface area contributed by atoms with Crippen LogP contribution in [0.3, 0.4) is 0 Å². The molecule has 2 aromatic rings. The van der Waals surface area contributed by atoms with Crippen LogP contribution in [0.1, 0.15) is 66.9 Å². The van der Waals surface area contributed by atoms with Gasteiger partial charge in [0.25, 0.3) is 5.91 Å². The molecule has 1 amide bonds. The van der Waals surface area contributed by atoms with E-state index in [2.05, 4.69) is 21.5 Å². The maximum absolute atomic E-state index is 11.8. The predicted molar refractivity (Wildman–Crippen MR) is 134 cm³/mol. The third-order valence-electron chi connectivity index (χ3n) is 5.22. The molecule has 0 saturated carbocycles. The zero-order chi connectivity index (χ0) is 23.9. The Morgan fingerprint density at radius 3 is 2.39 bits per heavy atom. The number of ether oxygens (including phenoxy) is 2. The second-order valence-corrected chi connectivity index (χ2v) is 8.51. The first-order chi connectivity index (χ1) is 16.0. The van der Waals surface area contributed by atoms with Crippen LogP contribution in [0, 0.1) is 0 Å². The van der Waals surface area contributed by atoms with Gasteiger partial charge in [0.05, 0.1) is 13.2 Å². The number of carbonyl (C=O) groups excluding carboxylic acids is 2. The fraction of sp³-hybridized carbons (Fsp3) is 0.462. The highest BCUT2D eigenvalue weighted by atomic mass is 31.0. The van der Waals surface area contributed by atoms with Gasteiger partial charge in [-0.15, -0.1) is 0 Å². The lowest BCUT2D eigenvalue weighted by Gasteiger charge is -2.13. The van der Waals surface area contributed by atoms with Gasteiger partial charge in [0.1, 0.15) is 11.5 Å². The summed E-state index contributed by atoms with van der Waals surface area (Å²) in [6, 6.07) is 13.1. The monoisotopic (exact) mass is 473 g/mol. The zero-order valence-corrected chi connectivity index (χ0v) is 20.6. The molecule has 2 aromatic carbocycles. The van der Waals surface area contributed by atoms with Crippen LogP contribution in [0.4, 0.5) is 0 Å². The molecule has 7 heteroatoms. The van der Waals surface area contributed by atoms with E-state index in [1.54, 1.807) is 18.2 Å². The Balaban J connectivity index is 1.94. The standard InChI is InChI=1S/C26H36NO5P/c1-2-3-4-5-6-7-16-31-23-11-8-20(9-12-23)17-22-18-21(26(30)33)10-13-24(22)32-19-25(29)27-14-15-28/h8-13,18,28H,2-7,14-17,19,33H2,1H3,(H,27,29). The van der Waals surface area contributed by atoms with Crippen LogP contribution in [-0.2, 0) is 11.2 Å². The normalized spacial score (nSPS) is 10.6. The number of unbranched alkanes of at least 4 members (excludes halogenated alkanes) is 5. The van der Waals surface area contributed by atoms with Gasteiger partial charge in [-0.2, -0.15) is 0 Å². The maximum Gasteiger partial charge on any atom is 0.258 e. The molecule has 1 unspecified atom stereocenters. The summed E-state index contributed by atoms with van der Waals surface area (Å²) in [5.41, 5.74) is 2.32. The van der Waals surface area contributed by atoms with Crippen molar-refractivity contribution in [3.05, 3.63) is 59.2 Å². The smallest absolute Gasteiger partial charge is 0.258 e. The van der Waals surface area contributed by atoms with Gasteiger partial charge in [0.2, 0.25) is 0 Å². The largest absolute Gasteiger partial charge is 0.494 e. The quantitative estimate of drug-likeness (QED) is 0.277. The van der Waals surface area contributed by atoms with Crippen molar-refractivity contribution in [3.63, 3.8) is 0 Å². The van der Waals surface area contributed by atoms with Gasteiger partial charge in [0.15, 0.2) is 12.1 Å². The lowest BCUT2D eigenvalue weighted by atomic mass is 10.0. The Kier molecular flexibility index (Phi) is 12.5. The van der Waals surface area contributed by atoms with E-state index in [1.807, 2.05) is 24.3 Å². The van der Waals surface area contributed by atoms with Crippen LogP contribution in [0.25, 0.3) is 0 Å². The Bertz CT molecular complexity index is 869. The molecule has 0 aliphatic carbocycles. The summed E-state index contributed by atoms with van der Waals surface area (Å²) >= 11 is 0. The summed E-state index contributed by atoms with van der Waals surface area (Å²) in [5.74, 6) is 1.08. The van der Waals surface area contributed by atoms with Crippen molar-refractivity contribution in [3.8, 4) is 11.5 Å². The first kappa shape index (κ1) is 26.8. The number of nitrogens with one attached hydrogen (secondary N) is 1. The van der Waals surface area contributed by atoms with Crippen molar-refractivity contribution < 1.29 is 24.2 Å². The number of carbonyl (C=O) groups is 2. The highest BCUT2D eigenvalue weighted by molar-refractivity contribution is 7.41. The van der Waals surface area contributed by atoms with Crippen molar-refractivity contribution in [2.24, 2.45) is 0 Å². The molecule has 2 rings (SSSR count). The van der Waals surface area contributed by atoms with E-state index in [4.69, 9.17) is 14.6 Å². The lowest BCUT2D eigenvalue weighted by Crippen LogP contribution is -2.31. The van der Waals surface area contributed by atoms with Crippen molar-refractivity contribution in [1.29, 1.82) is 0 Å². The number of amides is 1. The molecule has 0 saturated heterocycles. The number of rotatable bonds is 16. The molecule has 0 aliphatic heterocycles. The molecule has 0 heterocycles. The van der Waals surface area contributed by atoms with Gasteiger partial charge >= 0.3 is 0 Å². The van der Waals surface area contributed by atoms with E-state index in [1.165, 1.54) is 32.1 Å². The molecule has 0 aromatic heterocycles. The SMILES string of the molecule is CCCCCCCCOc1ccc(Cc2cc(C(=O)P)ccc2OCC(=O)NCCO)cc1. The van der Waals surface area contributed by atoms with Crippen molar-refractivity contribution >= 4 is 20.7 Å². The molecular formula is C26H36NO5P. The fourth-order valence-electron chi connectivity index (χ4n) is 3.40. The molecule has 1 atom stereocenters. The Hall–Kier alpha value is -2.43. The van der Waals surface area contributed by atoms with E-state index < -0.39 is 0 Å². The Morgan fingerprint density at radius 2 is 1.70 bits per heavy atom. The first-order valence-electron chi connectivity index (χ1n) is 11.7. The summed E-state index contributed by atoms with van der Waals surface area (Å²) < 4.78 is 11.5. The number of aliphatic hydroxyl groups is 1. The molecule has 0 aliphatic rings. The zero-order valence-electron chi connectivity index (χ0n) is 19.5. The van der Waals surface area contributed by atoms with E-state index in [0.717, 1.165) is 29.9 Å². The highest BCUT2D eigenvalue weighted by Crippen LogP contribution is 2.25. The summed E-state index contributed by atoms with van der Waals surface area (Å²) in [4.78, 5) is 23.6. The molecule has 33 heavy (non-hydrogen) atoms. The van der Waals surface area contributed by atoms with Crippen LogP contribution >= 0.6 is 9.24 Å². The number of benzene rings is 2. The molecule has 0 radical (unpaired) electrons. The Labute approximate surface area is 199 Å². The average Bonchev–Trinajstić information content (AvgIpc) is 2.82. The molecule has 0 spiro atoms. The average molecular weight is 474 g/mol. The fourth-order valence-corrected chi connectivity index (χ4v) is 3.58. The summed E-state index contributed by atoms with van der Waals surface area (Å²) in [5, 5.41) is 11.4. The predicted octanol–water partition coefficient (Wildman–Crippen LogP) is 4.52. The summed E-state index contributed by atoms with van der Waals surface area (Å²) in [6.07, 6.45) is 7.94. The van der Waals surface area contributed by atoms with E-state index in [0.29, 0.717) is 17.7 Å². The second-order valence-electron chi connectivity index (χ2n) is 7.99. The number of hydrogen-bond donors (Lipinski definition) is 2. The number of hydrogen-bond acceptors (Lipinski definition) is 5. The minimum Gasteiger partial charge on any atom is -0.494 e. The van der Waals surface area contributed by atoms with Gasteiger partial charge in [0, 0.05) is 18.5 Å². The first-order valence-corrected chi connectivity index (χ1v) is 12.3. The molecular weight excluding hydrogens is 437 g/mol. The van der Waals surface area contributed by atoms with E-state index in [9.17, 15) is 9.59 Å². The Morgan fingerprint density at radius 1 is 0.970 bits per heavy atom.